The number of hydrogen-bond donors (Lipinski definition) is 2. The first-order chi connectivity index (χ1) is 13.5. The van der Waals surface area contributed by atoms with Crippen LogP contribution in [-0.4, -0.2) is 30.6 Å². The van der Waals surface area contributed by atoms with E-state index < -0.39 is 0 Å². The van der Waals surface area contributed by atoms with E-state index in [1.807, 2.05) is 53.2 Å². The third kappa shape index (κ3) is 4.25. The Morgan fingerprint density at radius 1 is 1.04 bits per heavy atom. The molecule has 0 saturated carbocycles. The van der Waals surface area contributed by atoms with E-state index in [0.29, 0.717) is 18.0 Å². The van der Waals surface area contributed by atoms with Crippen LogP contribution in [0.5, 0.6) is 11.5 Å². The van der Waals surface area contributed by atoms with E-state index in [0.717, 1.165) is 22.2 Å². The number of ether oxygens (including phenoxy) is 2. The molecule has 0 aliphatic rings. The average molecular weight is 381 g/mol. The molecule has 2 N–H and O–H groups in total. The highest BCUT2D eigenvalue weighted by Crippen LogP contribution is 2.27. The molecule has 0 radical (unpaired) electrons. The second-order valence-corrected chi connectivity index (χ2v) is 6.33. The summed E-state index contributed by atoms with van der Waals surface area (Å²) >= 11 is 0. The van der Waals surface area contributed by atoms with Gasteiger partial charge in [-0.2, -0.15) is 0 Å². The fourth-order valence-electron chi connectivity index (χ4n) is 3.06. The minimum Gasteiger partial charge on any atom is -0.493 e. The van der Waals surface area contributed by atoms with Crippen LogP contribution in [0.3, 0.4) is 0 Å². The Hall–Kier alpha value is -3.48. The van der Waals surface area contributed by atoms with Crippen LogP contribution in [0.2, 0.25) is 0 Å². The second kappa shape index (κ2) is 8.47. The summed E-state index contributed by atoms with van der Waals surface area (Å²) in [6.45, 7) is 2.04. The van der Waals surface area contributed by atoms with Crippen LogP contribution in [0.1, 0.15) is 12.5 Å². The Morgan fingerprint density at radius 2 is 1.82 bits per heavy atom. The number of nitrogens with zero attached hydrogens (tertiary/aromatic N) is 1. The van der Waals surface area contributed by atoms with E-state index in [4.69, 9.17) is 9.47 Å². The molecule has 146 valence electrons. The summed E-state index contributed by atoms with van der Waals surface area (Å²) in [7, 11) is 3.16. The molecule has 0 atom stereocenters. The van der Waals surface area contributed by atoms with E-state index in [9.17, 15) is 9.59 Å². The lowest BCUT2D eigenvalue weighted by atomic mass is 10.2. The zero-order chi connectivity index (χ0) is 20.1. The van der Waals surface area contributed by atoms with Crippen LogP contribution in [0, 0.1) is 0 Å². The normalized spacial score (nSPS) is 10.5. The summed E-state index contributed by atoms with van der Waals surface area (Å²) in [4.78, 5) is 23.8. The number of methoxy groups -OCH3 is 2. The first-order valence-electron chi connectivity index (χ1n) is 8.85. The van der Waals surface area contributed by atoms with Crippen molar-refractivity contribution < 1.29 is 19.1 Å². The highest BCUT2D eigenvalue weighted by atomic mass is 16.5. The van der Waals surface area contributed by atoms with Crippen LogP contribution in [0.25, 0.3) is 10.9 Å². The topological polar surface area (TPSA) is 81.6 Å². The Morgan fingerprint density at radius 3 is 2.54 bits per heavy atom. The molecule has 0 unspecified atom stereocenters. The Balaban J connectivity index is 1.68. The molecule has 1 heterocycles. The summed E-state index contributed by atoms with van der Waals surface area (Å²) < 4.78 is 12.4. The maximum Gasteiger partial charge on any atom is 0.240 e. The predicted molar refractivity (Wildman–Crippen MR) is 108 cm³/mol. The molecule has 7 heteroatoms. The van der Waals surface area contributed by atoms with Gasteiger partial charge in [0.15, 0.2) is 11.5 Å². The van der Waals surface area contributed by atoms with Gasteiger partial charge in [0.25, 0.3) is 0 Å². The van der Waals surface area contributed by atoms with E-state index in [2.05, 4.69) is 10.6 Å². The van der Waals surface area contributed by atoms with Gasteiger partial charge in [-0.1, -0.05) is 12.1 Å². The lowest BCUT2D eigenvalue weighted by Gasteiger charge is -2.11. The van der Waals surface area contributed by atoms with Gasteiger partial charge in [-0.05, 0) is 35.9 Å². The summed E-state index contributed by atoms with van der Waals surface area (Å²) in [5, 5.41) is 6.61. The van der Waals surface area contributed by atoms with Crippen LogP contribution in [0.4, 0.5) is 5.69 Å². The molecule has 0 bridgehead atoms. The zero-order valence-corrected chi connectivity index (χ0v) is 16.1. The van der Waals surface area contributed by atoms with E-state index >= 15 is 0 Å². The highest BCUT2D eigenvalue weighted by Gasteiger charge is 2.10. The predicted octanol–water partition coefficient (Wildman–Crippen LogP) is 2.93. The summed E-state index contributed by atoms with van der Waals surface area (Å²) in [5.41, 5.74) is 2.53. The monoisotopic (exact) mass is 381 g/mol. The van der Waals surface area contributed by atoms with Crippen molar-refractivity contribution in [1.82, 2.24) is 9.88 Å². The van der Waals surface area contributed by atoms with Crippen molar-refractivity contribution in [1.29, 1.82) is 0 Å². The molecule has 0 spiro atoms. The van der Waals surface area contributed by atoms with Gasteiger partial charge < -0.3 is 24.7 Å². The van der Waals surface area contributed by atoms with Crippen molar-refractivity contribution in [3.05, 3.63) is 54.2 Å². The van der Waals surface area contributed by atoms with Crippen LogP contribution < -0.4 is 20.1 Å². The maximum absolute atomic E-state index is 12.4. The molecule has 7 nitrogen and oxygen atoms in total. The molecular formula is C21H23N3O4. The molecule has 0 saturated heterocycles. The molecular weight excluding hydrogens is 358 g/mol. The molecule has 1 aromatic heterocycles. The van der Waals surface area contributed by atoms with Gasteiger partial charge in [0.1, 0.15) is 6.54 Å². The smallest absolute Gasteiger partial charge is 0.240 e. The highest BCUT2D eigenvalue weighted by molar-refractivity contribution is 6.01. The van der Waals surface area contributed by atoms with Crippen LogP contribution >= 0.6 is 0 Å². The molecule has 3 rings (SSSR count). The zero-order valence-electron chi connectivity index (χ0n) is 16.1. The van der Waals surface area contributed by atoms with Gasteiger partial charge in [-0.25, -0.2) is 0 Å². The Bertz CT molecular complexity index is 1010. The van der Waals surface area contributed by atoms with Crippen molar-refractivity contribution in [3.63, 3.8) is 0 Å². The minimum atomic E-state index is -0.132. The van der Waals surface area contributed by atoms with E-state index in [-0.39, 0.29) is 18.4 Å². The van der Waals surface area contributed by atoms with Crippen molar-refractivity contribution in [2.45, 2.75) is 20.0 Å². The lowest BCUT2D eigenvalue weighted by molar-refractivity contribution is -0.121. The number of carbonyl (C=O) groups excluding carboxylic acids is 2. The molecule has 0 aliphatic carbocycles. The Labute approximate surface area is 163 Å². The number of hydrogen-bond acceptors (Lipinski definition) is 4. The van der Waals surface area contributed by atoms with Gasteiger partial charge in [-0.15, -0.1) is 0 Å². The van der Waals surface area contributed by atoms with Crippen molar-refractivity contribution >= 4 is 28.4 Å². The first-order valence-corrected chi connectivity index (χ1v) is 8.85. The number of anilines is 1. The van der Waals surface area contributed by atoms with Crippen molar-refractivity contribution in [2.75, 3.05) is 19.5 Å². The number of aromatic nitrogens is 1. The minimum absolute atomic E-state index is 0.114. The molecule has 3 aromatic rings. The molecule has 0 aliphatic heterocycles. The number of benzene rings is 2. The van der Waals surface area contributed by atoms with Gasteiger partial charge in [0, 0.05) is 25.1 Å². The van der Waals surface area contributed by atoms with Gasteiger partial charge in [-0.3, -0.25) is 9.59 Å². The van der Waals surface area contributed by atoms with Gasteiger partial charge in [0.2, 0.25) is 11.8 Å². The number of fused-ring (bicyclic) bond motifs is 1. The van der Waals surface area contributed by atoms with E-state index in [1.54, 1.807) is 14.2 Å². The van der Waals surface area contributed by atoms with Gasteiger partial charge in [0.05, 0.1) is 25.4 Å². The molecule has 0 fully saturated rings. The van der Waals surface area contributed by atoms with Crippen molar-refractivity contribution in [3.8, 4) is 11.5 Å². The number of carbonyl (C=O) groups is 2. The standard InChI is InChI=1S/C21H23N3O4/c1-14(25)23-17-5-4-6-18-16(17)9-10-24(18)13-21(26)22-12-15-7-8-19(27-2)20(11-15)28-3/h4-11H,12-13H2,1-3H3,(H,22,26)(H,23,25). The lowest BCUT2D eigenvalue weighted by Crippen LogP contribution is -2.26. The third-order valence-electron chi connectivity index (χ3n) is 4.38. The molecule has 28 heavy (non-hydrogen) atoms. The largest absolute Gasteiger partial charge is 0.493 e. The third-order valence-corrected chi connectivity index (χ3v) is 4.38. The number of rotatable bonds is 7. The molecule has 2 aromatic carbocycles. The van der Waals surface area contributed by atoms with Crippen molar-refractivity contribution in [2.24, 2.45) is 0 Å². The fourth-order valence-corrected chi connectivity index (χ4v) is 3.06. The van der Waals surface area contributed by atoms with Gasteiger partial charge >= 0.3 is 0 Å². The number of amides is 2. The summed E-state index contributed by atoms with van der Waals surface area (Å²) in [6, 6.07) is 13.0. The van der Waals surface area contributed by atoms with Crippen LogP contribution in [-0.2, 0) is 22.7 Å². The first kappa shape index (κ1) is 19.3. The maximum atomic E-state index is 12.4. The number of nitrogens with one attached hydrogen (secondary N) is 2. The molecule has 2 amide bonds. The second-order valence-electron chi connectivity index (χ2n) is 6.33. The Kier molecular flexibility index (Phi) is 5.84. The quantitative estimate of drug-likeness (QED) is 0.659. The SMILES string of the molecule is COc1ccc(CNC(=O)Cn2ccc3c(NC(C)=O)cccc32)cc1OC. The average Bonchev–Trinajstić information content (AvgIpc) is 3.09. The van der Waals surface area contributed by atoms with Crippen LogP contribution in [0.15, 0.2) is 48.7 Å². The summed E-state index contributed by atoms with van der Waals surface area (Å²) in [6.07, 6.45) is 1.84. The fraction of sp³-hybridized carbons (Fsp3) is 0.238. The van der Waals surface area contributed by atoms with E-state index in [1.165, 1.54) is 6.92 Å². The summed E-state index contributed by atoms with van der Waals surface area (Å²) in [5.74, 6) is 1.02.